The first-order valence-corrected chi connectivity index (χ1v) is 12.1. The summed E-state index contributed by atoms with van der Waals surface area (Å²) in [6.45, 7) is 0.604. The number of H-pyrrole nitrogens is 1. The van der Waals surface area contributed by atoms with Gasteiger partial charge in [-0.1, -0.05) is 24.6 Å². The Morgan fingerprint density at radius 3 is 2.00 bits per heavy atom. The van der Waals surface area contributed by atoms with Crippen LogP contribution in [0.3, 0.4) is 0 Å². The number of aromatic amines is 1. The Balaban J connectivity index is 0.000000507. The number of para-hydroxylation sites is 1. The number of nitrogens with two attached hydrogens (primary N) is 4. The highest BCUT2D eigenvalue weighted by molar-refractivity contribution is 7.98. The van der Waals surface area contributed by atoms with Crippen LogP contribution in [0.25, 0.3) is 10.9 Å². The molecule has 0 aliphatic carbocycles. The number of aromatic nitrogens is 1. The van der Waals surface area contributed by atoms with Gasteiger partial charge in [-0.3, -0.25) is 14.4 Å². The van der Waals surface area contributed by atoms with Crippen LogP contribution < -0.4 is 22.9 Å². The van der Waals surface area contributed by atoms with E-state index < -0.39 is 36.0 Å². The van der Waals surface area contributed by atoms with Crippen molar-refractivity contribution in [3.8, 4) is 0 Å². The van der Waals surface area contributed by atoms with Crippen LogP contribution in [0.15, 0.2) is 30.5 Å². The van der Waals surface area contributed by atoms with Gasteiger partial charge in [0.1, 0.15) is 18.1 Å². The van der Waals surface area contributed by atoms with E-state index in [-0.39, 0.29) is 0 Å². The lowest BCUT2D eigenvalue weighted by molar-refractivity contribution is -0.139. The summed E-state index contributed by atoms with van der Waals surface area (Å²) in [6.07, 6.45) is 6.80. The van der Waals surface area contributed by atoms with E-state index in [2.05, 4.69) is 4.98 Å². The van der Waals surface area contributed by atoms with Gasteiger partial charge in [0.05, 0.1) is 0 Å². The van der Waals surface area contributed by atoms with Gasteiger partial charge in [-0.2, -0.15) is 11.8 Å². The maximum atomic E-state index is 10.6. The van der Waals surface area contributed by atoms with E-state index in [1.54, 1.807) is 11.8 Å². The van der Waals surface area contributed by atoms with Crippen molar-refractivity contribution in [2.75, 3.05) is 18.6 Å². The molecule has 1 heterocycles. The number of fused-ring (bicyclic) bond motifs is 1. The summed E-state index contributed by atoms with van der Waals surface area (Å²) in [6, 6.07) is 5.51. The molecule has 1 aromatic heterocycles. The number of unbranched alkanes of at least 4 members (excludes halogenated alkanes) is 1. The normalized spacial score (nSPS) is 13.0. The minimum Gasteiger partial charge on any atom is -0.480 e. The number of benzene rings is 1. The molecule has 12 N–H and O–H groups in total. The average Bonchev–Trinajstić information content (AvgIpc) is 3.21. The summed E-state index contributed by atoms with van der Waals surface area (Å²) in [7, 11) is 0. The van der Waals surface area contributed by atoms with Gasteiger partial charge in [-0.15, -0.1) is 0 Å². The van der Waals surface area contributed by atoms with Crippen LogP contribution in [0.1, 0.15) is 31.2 Å². The third-order valence-electron chi connectivity index (χ3n) is 4.67. The fourth-order valence-electron chi connectivity index (χ4n) is 2.63. The van der Waals surface area contributed by atoms with Gasteiger partial charge in [0.25, 0.3) is 0 Å². The number of nitrogens with one attached hydrogen (secondary N) is 1. The molecule has 0 amide bonds. The third kappa shape index (κ3) is 13.2. The molecule has 2 aromatic rings. The molecule has 12 heteroatoms. The molecule has 0 unspecified atom stereocenters. The van der Waals surface area contributed by atoms with Gasteiger partial charge in [-0.05, 0) is 49.4 Å². The van der Waals surface area contributed by atoms with Crippen LogP contribution in [-0.2, 0) is 20.8 Å². The zero-order chi connectivity index (χ0) is 26.1. The fraction of sp³-hybridized carbons (Fsp3) is 0.500. The second-order valence-electron chi connectivity index (χ2n) is 7.46. The summed E-state index contributed by atoms with van der Waals surface area (Å²) >= 11 is 1.60. The highest BCUT2D eigenvalue weighted by Crippen LogP contribution is 2.18. The lowest BCUT2D eigenvalue weighted by Crippen LogP contribution is -2.32. The van der Waals surface area contributed by atoms with Crippen LogP contribution in [0, 0.1) is 0 Å². The van der Waals surface area contributed by atoms with Gasteiger partial charge >= 0.3 is 17.9 Å². The molecule has 34 heavy (non-hydrogen) atoms. The lowest BCUT2D eigenvalue weighted by Gasteiger charge is -2.04. The monoisotopic (exact) mass is 499 g/mol. The van der Waals surface area contributed by atoms with E-state index in [9.17, 15) is 14.4 Å². The SMILES string of the molecule is CSCC[C@H](N)C(=O)O.NCCCC[C@H](N)C(=O)O.N[C@@H](Cc1c[nH]c2ccccc12)C(=O)O. The second kappa shape index (κ2) is 17.8. The number of carboxylic acid groups (broad SMARTS) is 3. The first-order chi connectivity index (χ1) is 16.0. The second-order valence-corrected chi connectivity index (χ2v) is 8.45. The molecule has 0 bridgehead atoms. The first-order valence-electron chi connectivity index (χ1n) is 10.7. The Hall–Kier alpha value is -2.64. The zero-order valence-electron chi connectivity index (χ0n) is 19.4. The molecule has 2 rings (SSSR count). The van der Waals surface area contributed by atoms with Crippen LogP contribution >= 0.6 is 11.8 Å². The Labute approximate surface area is 203 Å². The smallest absolute Gasteiger partial charge is 0.320 e. The summed E-state index contributed by atoms with van der Waals surface area (Å²) in [4.78, 5) is 33.9. The summed E-state index contributed by atoms with van der Waals surface area (Å²) in [5, 5.41) is 26.4. The molecule has 11 nitrogen and oxygen atoms in total. The predicted octanol–water partition coefficient (Wildman–Crippen LogP) is 0.801. The molecular weight excluding hydrogens is 462 g/mol. The van der Waals surface area contributed by atoms with Crippen molar-refractivity contribution in [3.63, 3.8) is 0 Å². The van der Waals surface area contributed by atoms with Gasteiger partial charge in [0.2, 0.25) is 0 Å². The number of carboxylic acids is 3. The van der Waals surface area contributed by atoms with Crippen molar-refractivity contribution in [1.82, 2.24) is 4.98 Å². The van der Waals surface area contributed by atoms with Crippen LogP contribution in [0.5, 0.6) is 0 Å². The zero-order valence-corrected chi connectivity index (χ0v) is 20.2. The molecule has 0 saturated carbocycles. The number of thioether (sulfide) groups is 1. The van der Waals surface area contributed by atoms with Crippen molar-refractivity contribution in [1.29, 1.82) is 0 Å². The molecule has 0 fully saturated rings. The lowest BCUT2D eigenvalue weighted by atomic mass is 10.1. The Morgan fingerprint density at radius 1 is 0.912 bits per heavy atom. The standard InChI is InChI=1S/C11H12N2O2.C6H14N2O2.C5H11NO2S/c12-9(11(14)15)5-7-6-13-10-4-2-1-3-8(7)10;7-4-2-1-3-5(8)6(9)10;1-9-3-2-4(6)5(7)8/h1-4,6,9,13H,5,12H2,(H,14,15);5H,1-4,7-8H2,(H,9,10);4H,2-3,6H2,1H3,(H,7,8)/t9-;5-;4-/m000/s1. The molecule has 0 radical (unpaired) electrons. The Bertz CT molecular complexity index is 878. The topological polar surface area (TPSA) is 232 Å². The van der Waals surface area contributed by atoms with Crippen molar-refractivity contribution in [2.24, 2.45) is 22.9 Å². The first kappa shape index (κ1) is 31.4. The Morgan fingerprint density at radius 2 is 1.47 bits per heavy atom. The van der Waals surface area contributed by atoms with E-state index >= 15 is 0 Å². The molecule has 3 atom stereocenters. The van der Waals surface area contributed by atoms with Crippen molar-refractivity contribution < 1.29 is 29.7 Å². The molecule has 0 spiro atoms. The number of rotatable bonds is 12. The number of carbonyl (C=O) groups is 3. The predicted molar refractivity (Wildman–Crippen MR) is 135 cm³/mol. The maximum absolute atomic E-state index is 10.6. The molecular formula is C22H37N5O6S. The number of aliphatic carboxylic acids is 3. The summed E-state index contributed by atoms with van der Waals surface area (Å²) < 4.78 is 0. The summed E-state index contributed by atoms with van der Waals surface area (Å²) in [5.41, 5.74) is 23.0. The van der Waals surface area contributed by atoms with Crippen molar-refractivity contribution in [2.45, 2.75) is 50.2 Å². The highest BCUT2D eigenvalue weighted by Gasteiger charge is 2.14. The van der Waals surface area contributed by atoms with Crippen LogP contribution in [0.4, 0.5) is 0 Å². The van der Waals surface area contributed by atoms with Crippen molar-refractivity contribution in [3.05, 3.63) is 36.0 Å². The van der Waals surface area contributed by atoms with E-state index in [1.807, 2.05) is 36.7 Å². The van der Waals surface area contributed by atoms with Gasteiger partial charge in [-0.25, -0.2) is 0 Å². The van der Waals surface area contributed by atoms with E-state index in [1.165, 1.54) is 0 Å². The number of hydrogen-bond acceptors (Lipinski definition) is 8. The summed E-state index contributed by atoms with van der Waals surface area (Å²) in [5.74, 6) is -2.01. The highest BCUT2D eigenvalue weighted by atomic mass is 32.2. The maximum Gasteiger partial charge on any atom is 0.320 e. The van der Waals surface area contributed by atoms with E-state index in [0.717, 1.165) is 35.1 Å². The minimum atomic E-state index is -0.972. The van der Waals surface area contributed by atoms with Gasteiger partial charge < -0.3 is 43.2 Å². The van der Waals surface area contributed by atoms with Crippen molar-refractivity contribution >= 4 is 40.6 Å². The van der Waals surface area contributed by atoms with Gasteiger partial charge in [0.15, 0.2) is 0 Å². The fourth-order valence-corrected chi connectivity index (χ4v) is 3.11. The molecule has 0 saturated heterocycles. The average molecular weight is 500 g/mol. The molecule has 0 aliphatic rings. The van der Waals surface area contributed by atoms with E-state index in [4.69, 9.17) is 38.3 Å². The number of hydrogen-bond donors (Lipinski definition) is 8. The molecule has 1 aromatic carbocycles. The largest absolute Gasteiger partial charge is 0.480 e. The van der Waals surface area contributed by atoms with E-state index in [0.29, 0.717) is 25.8 Å². The van der Waals surface area contributed by atoms with Crippen LogP contribution in [0.2, 0.25) is 0 Å². The Kier molecular flexibility index (Phi) is 16.4. The van der Waals surface area contributed by atoms with Crippen LogP contribution in [-0.4, -0.2) is 74.9 Å². The minimum absolute atomic E-state index is 0.347. The van der Waals surface area contributed by atoms with Gasteiger partial charge in [0, 0.05) is 23.5 Å². The molecule has 0 aliphatic heterocycles. The third-order valence-corrected chi connectivity index (χ3v) is 5.31. The molecule has 192 valence electrons. The quantitative estimate of drug-likeness (QED) is 0.190.